The number of hydrogen-bond donors (Lipinski definition) is 2. The normalized spacial score (nSPS) is 19.5. The lowest BCUT2D eigenvalue weighted by Crippen LogP contribution is -2.41. The Kier molecular flexibility index (Phi) is 3.30. The van der Waals surface area contributed by atoms with Crippen LogP contribution in [0.15, 0.2) is 55.1 Å². The van der Waals surface area contributed by atoms with Crippen LogP contribution in [0.5, 0.6) is 0 Å². The van der Waals surface area contributed by atoms with Crippen LogP contribution in [0.25, 0.3) is 10.9 Å². The molecule has 0 saturated carbocycles. The summed E-state index contributed by atoms with van der Waals surface area (Å²) < 4.78 is 13.9. The zero-order valence-corrected chi connectivity index (χ0v) is 13.7. The van der Waals surface area contributed by atoms with E-state index in [1.54, 1.807) is 13.0 Å². The minimum absolute atomic E-state index is 0.237. The molecule has 1 unspecified atom stereocenters. The summed E-state index contributed by atoms with van der Waals surface area (Å²) in [6.45, 7) is 5.71. The van der Waals surface area contributed by atoms with Gasteiger partial charge in [-0.1, -0.05) is 24.3 Å². The molecule has 1 atom stereocenters. The number of aliphatic hydroxyl groups is 1. The van der Waals surface area contributed by atoms with Crippen molar-refractivity contribution in [1.29, 1.82) is 0 Å². The third-order valence-corrected chi connectivity index (χ3v) is 4.76. The van der Waals surface area contributed by atoms with E-state index in [1.807, 2.05) is 24.3 Å². The van der Waals surface area contributed by atoms with Gasteiger partial charge in [0, 0.05) is 34.3 Å². The Morgan fingerprint density at radius 1 is 1.32 bits per heavy atom. The Labute approximate surface area is 144 Å². The van der Waals surface area contributed by atoms with Crippen LogP contribution in [0.4, 0.5) is 10.1 Å². The number of aromatic nitrogens is 1. The molecule has 0 fully saturated rings. The lowest BCUT2D eigenvalue weighted by Gasteiger charge is -2.23. The number of para-hydroxylation sites is 1. The molecule has 3 aromatic rings. The van der Waals surface area contributed by atoms with Gasteiger partial charge in [0.25, 0.3) is 5.91 Å². The molecule has 4 rings (SSSR count). The maximum Gasteiger partial charge on any atom is 0.268 e. The van der Waals surface area contributed by atoms with Crippen molar-refractivity contribution in [3.05, 3.63) is 77.8 Å². The monoisotopic (exact) mass is 336 g/mol. The standard InChI is InChI=1S/C20H17FN2O2/c1-3-10-23-17-9-8-13(21)11-15(17)20(25,19(23)24)18-12(2)22-16-7-5-4-6-14(16)18/h3-9,11,22,25H,1,10H2,2H3. The minimum atomic E-state index is -1.94. The highest BCUT2D eigenvalue weighted by molar-refractivity contribution is 6.11. The van der Waals surface area contributed by atoms with Crippen molar-refractivity contribution in [3.8, 4) is 0 Å². The van der Waals surface area contributed by atoms with E-state index in [1.165, 1.54) is 23.1 Å². The summed E-state index contributed by atoms with van der Waals surface area (Å²) in [6, 6.07) is 11.5. The molecule has 2 aromatic carbocycles. The van der Waals surface area contributed by atoms with Crippen LogP contribution in [-0.2, 0) is 10.4 Å². The van der Waals surface area contributed by atoms with Crippen LogP contribution in [0.3, 0.4) is 0 Å². The number of amides is 1. The number of aryl methyl sites for hydroxylation is 1. The van der Waals surface area contributed by atoms with Gasteiger partial charge in [-0.05, 0) is 31.2 Å². The largest absolute Gasteiger partial charge is 0.372 e. The van der Waals surface area contributed by atoms with Gasteiger partial charge in [0.2, 0.25) is 0 Å². The van der Waals surface area contributed by atoms with Crippen molar-refractivity contribution in [3.63, 3.8) is 0 Å². The van der Waals surface area contributed by atoms with Gasteiger partial charge in [0.05, 0.1) is 5.69 Å². The third-order valence-electron chi connectivity index (χ3n) is 4.76. The van der Waals surface area contributed by atoms with E-state index >= 15 is 0 Å². The van der Waals surface area contributed by atoms with Crippen LogP contribution < -0.4 is 4.90 Å². The highest BCUT2D eigenvalue weighted by atomic mass is 19.1. The first kappa shape index (κ1) is 15.6. The number of benzene rings is 2. The zero-order chi connectivity index (χ0) is 17.8. The molecule has 2 N–H and O–H groups in total. The number of hydrogen-bond acceptors (Lipinski definition) is 2. The second-order valence-corrected chi connectivity index (χ2v) is 6.25. The van der Waals surface area contributed by atoms with E-state index in [-0.39, 0.29) is 12.1 Å². The molecule has 25 heavy (non-hydrogen) atoms. The van der Waals surface area contributed by atoms with E-state index in [2.05, 4.69) is 11.6 Å². The molecule has 0 saturated heterocycles. The number of rotatable bonds is 3. The Balaban J connectivity index is 2.06. The number of carbonyl (C=O) groups excluding carboxylic acids is 1. The summed E-state index contributed by atoms with van der Waals surface area (Å²) >= 11 is 0. The molecule has 5 heteroatoms. The smallest absolute Gasteiger partial charge is 0.268 e. The fraction of sp³-hybridized carbons (Fsp3) is 0.150. The zero-order valence-electron chi connectivity index (χ0n) is 13.7. The number of carbonyl (C=O) groups is 1. The van der Waals surface area contributed by atoms with Gasteiger partial charge in [0.1, 0.15) is 5.82 Å². The first-order valence-electron chi connectivity index (χ1n) is 8.01. The van der Waals surface area contributed by atoms with Crippen LogP contribution in [0, 0.1) is 12.7 Å². The summed E-state index contributed by atoms with van der Waals surface area (Å²) in [5.41, 5.74) is 0.769. The quantitative estimate of drug-likeness (QED) is 0.721. The van der Waals surface area contributed by atoms with Crippen molar-refractivity contribution in [1.82, 2.24) is 4.98 Å². The van der Waals surface area contributed by atoms with Crippen molar-refractivity contribution >= 4 is 22.5 Å². The first-order chi connectivity index (χ1) is 12.0. The highest BCUT2D eigenvalue weighted by Crippen LogP contribution is 2.47. The molecule has 1 aliphatic rings. The van der Waals surface area contributed by atoms with E-state index in [0.29, 0.717) is 16.9 Å². The molecular formula is C20H17FN2O2. The van der Waals surface area contributed by atoms with Gasteiger partial charge in [-0.15, -0.1) is 6.58 Å². The van der Waals surface area contributed by atoms with Crippen LogP contribution in [0.2, 0.25) is 0 Å². The number of nitrogens with zero attached hydrogens (tertiary/aromatic N) is 1. The summed E-state index contributed by atoms with van der Waals surface area (Å²) in [7, 11) is 0. The van der Waals surface area contributed by atoms with Gasteiger partial charge in [-0.25, -0.2) is 4.39 Å². The number of H-pyrrole nitrogens is 1. The second kappa shape index (κ2) is 5.29. The molecule has 0 radical (unpaired) electrons. The minimum Gasteiger partial charge on any atom is -0.372 e. The molecule has 1 amide bonds. The maximum absolute atomic E-state index is 13.9. The van der Waals surface area contributed by atoms with Gasteiger partial charge >= 0.3 is 0 Å². The lowest BCUT2D eigenvalue weighted by atomic mass is 9.85. The SMILES string of the molecule is C=CCN1C(=O)C(O)(c2c(C)[nH]c3ccccc23)c2cc(F)ccc21. The van der Waals surface area contributed by atoms with Crippen LogP contribution >= 0.6 is 0 Å². The summed E-state index contributed by atoms with van der Waals surface area (Å²) in [5.74, 6) is -0.997. The summed E-state index contributed by atoms with van der Waals surface area (Å²) in [5, 5.41) is 12.3. The van der Waals surface area contributed by atoms with Crippen molar-refractivity contribution < 1.29 is 14.3 Å². The predicted molar refractivity (Wildman–Crippen MR) is 95.0 cm³/mol. The average Bonchev–Trinajstić information content (AvgIpc) is 3.03. The summed E-state index contributed by atoms with van der Waals surface area (Å²) in [6.07, 6.45) is 1.58. The van der Waals surface area contributed by atoms with E-state index in [4.69, 9.17) is 0 Å². The molecule has 1 aromatic heterocycles. The highest BCUT2D eigenvalue weighted by Gasteiger charge is 2.52. The molecule has 4 nitrogen and oxygen atoms in total. The lowest BCUT2D eigenvalue weighted by molar-refractivity contribution is -0.132. The van der Waals surface area contributed by atoms with Gasteiger partial charge in [-0.3, -0.25) is 4.79 Å². The first-order valence-corrected chi connectivity index (χ1v) is 8.01. The Hall–Kier alpha value is -2.92. The number of fused-ring (bicyclic) bond motifs is 2. The topological polar surface area (TPSA) is 56.3 Å². The number of halogens is 1. The molecule has 1 aliphatic heterocycles. The fourth-order valence-electron chi connectivity index (χ4n) is 3.75. The van der Waals surface area contributed by atoms with Gasteiger partial charge in [0.15, 0.2) is 5.60 Å². The second-order valence-electron chi connectivity index (χ2n) is 6.25. The number of nitrogens with one attached hydrogen (secondary N) is 1. The van der Waals surface area contributed by atoms with Crippen molar-refractivity contribution in [2.75, 3.05) is 11.4 Å². The van der Waals surface area contributed by atoms with Gasteiger partial charge in [-0.2, -0.15) is 0 Å². The molecule has 126 valence electrons. The average molecular weight is 336 g/mol. The van der Waals surface area contributed by atoms with Crippen LogP contribution in [0.1, 0.15) is 16.8 Å². The molecule has 2 heterocycles. The van der Waals surface area contributed by atoms with Crippen LogP contribution in [-0.4, -0.2) is 22.5 Å². The molecule has 0 bridgehead atoms. The van der Waals surface area contributed by atoms with Crippen molar-refractivity contribution in [2.45, 2.75) is 12.5 Å². The van der Waals surface area contributed by atoms with E-state index < -0.39 is 17.3 Å². The fourth-order valence-corrected chi connectivity index (χ4v) is 3.75. The Bertz CT molecular complexity index is 1020. The maximum atomic E-state index is 13.9. The van der Waals surface area contributed by atoms with Gasteiger partial charge < -0.3 is 15.0 Å². The van der Waals surface area contributed by atoms with Crippen molar-refractivity contribution in [2.24, 2.45) is 0 Å². The Morgan fingerprint density at radius 3 is 2.84 bits per heavy atom. The van der Waals surface area contributed by atoms with E-state index in [0.717, 1.165) is 10.9 Å². The number of aromatic amines is 1. The molecule has 0 spiro atoms. The molecule has 0 aliphatic carbocycles. The Morgan fingerprint density at radius 2 is 2.08 bits per heavy atom. The predicted octanol–water partition coefficient (Wildman–Crippen LogP) is 3.38. The van der Waals surface area contributed by atoms with E-state index in [9.17, 15) is 14.3 Å². The third kappa shape index (κ3) is 1.99. The number of anilines is 1. The summed E-state index contributed by atoms with van der Waals surface area (Å²) in [4.78, 5) is 17.8. The molecular weight excluding hydrogens is 319 g/mol.